The van der Waals surface area contributed by atoms with Gasteiger partial charge in [-0.2, -0.15) is 0 Å². The van der Waals surface area contributed by atoms with Crippen LogP contribution in [-0.2, 0) is 48.4 Å². The molecule has 288 valence electrons. The van der Waals surface area contributed by atoms with Crippen molar-refractivity contribution in [3.8, 4) is 0 Å². The number of rotatable bonds is 15. The van der Waals surface area contributed by atoms with Crippen molar-refractivity contribution in [2.24, 2.45) is 0 Å². The van der Waals surface area contributed by atoms with Gasteiger partial charge in [-0.05, 0) is 33.4 Å². The minimum Gasteiger partial charge on any atom is -0.459 e. The predicted octanol–water partition coefficient (Wildman–Crippen LogP) is 8.23. The van der Waals surface area contributed by atoms with Crippen molar-refractivity contribution in [2.45, 2.75) is 37.9 Å². The van der Waals surface area contributed by atoms with Gasteiger partial charge in [-0.25, -0.2) is 14.4 Å². The molecule has 9 nitrogen and oxygen atoms in total. The minimum atomic E-state index is -0.895. The Hall–Kier alpha value is -6.39. The molecule has 0 aliphatic carbocycles. The topological polar surface area (TPSA) is 88.6 Å². The van der Waals surface area contributed by atoms with Crippen LogP contribution in [0.4, 0.5) is 0 Å². The van der Waals surface area contributed by atoms with E-state index in [0.717, 1.165) is 16.7 Å². The molecule has 0 spiro atoms. The molecule has 0 amide bonds. The Bertz CT molecular complexity index is 1900. The Morgan fingerprint density at radius 3 is 0.789 bits per heavy atom. The Balaban J connectivity index is 1.28. The minimum absolute atomic E-state index is 0.0845. The van der Waals surface area contributed by atoms with E-state index in [-0.39, 0.29) is 39.8 Å². The zero-order chi connectivity index (χ0) is 39.2. The molecule has 57 heavy (non-hydrogen) atoms. The van der Waals surface area contributed by atoms with Crippen molar-refractivity contribution in [2.75, 3.05) is 20.0 Å². The summed E-state index contributed by atoms with van der Waals surface area (Å²) in [7, 11) is 0. The first kappa shape index (κ1) is 38.9. The van der Waals surface area contributed by atoms with Gasteiger partial charge in [-0.15, -0.1) is 0 Å². The Morgan fingerprint density at radius 2 is 0.561 bits per heavy atom. The summed E-state index contributed by atoms with van der Waals surface area (Å²) in [5, 5.41) is 0. The summed E-state index contributed by atoms with van der Waals surface area (Å²) in [6.07, 6.45) is 0. The van der Waals surface area contributed by atoms with Gasteiger partial charge in [-0.1, -0.05) is 182 Å². The molecule has 1 aliphatic rings. The maximum Gasteiger partial charge on any atom is 0.328 e. The van der Waals surface area contributed by atoms with Crippen molar-refractivity contribution < 1.29 is 28.6 Å². The van der Waals surface area contributed by atoms with Gasteiger partial charge >= 0.3 is 17.9 Å². The van der Waals surface area contributed by atoms with Crippen LogP contribution in [0.15, 0.2) is 182 Å². The van der Waals surface area contributed by atoms with Crippen LogP contribution >= 0.6 is 0 Å². The molecule has 9 heteroatoms. The average Bonchev–Trinajstić information content (AvgIpc) is 3.27. The van der Waals surface area contributed by atoms with Crippen molar-refractivity contribution in [1.82, 2.24) is 14.7 Å². The fourth-order valence-electron chi connectivity index (χ4n) is 7.14. The van der Waals surface area contributed by atoms with Crippen LogP contribution in [0, 0.1) is 0 Å². The summed E-state index contributed by atoms with van der Waals surface area (Å²) in [6.45, 7) is 0.745. The molecule has 1 aliphatic heterocycles. The second kappa shape index (κ2) is 19.5. The Labute approximate surface area is 333 Å². The molecule has 0 aromatic heterocycles. The van der Waals surface area contributed by atoms with Gasteiger partial charge in [0.15, 0.2) is 0 Å². The quantitative estimate of drug-likeness (QED) is 0.0759. The van der Waals surface area contributed by atoms with Crippen LogP contribution in [0.25, 0.3) is 0 Å². The summed E-state index contributed by atoms with van der Waals surface area (Å²) in [5.41, 5.74) is 4.70. The molecule has 1 fully saturated rings. The molecule has 0 radical (unpaired) electrons. The zero-order valence-electron chi connectivity index (χ0n) is 31.6. The van der Waals surface area contributed by atoms with E-state index in [0.29, 0.717) is 16.7 Å². The van der Waals surface area contributed by atoms with E-state index in [1.807, 2.05) is 197 Å². The molecule has 0 saturated carbocycles. The summed E-state index contributed by atoms with van der Waals surface area (Å²) >= 11 is 0. The van der Waals surface area contributed by atoms with Gasteiger partial charge in [-0.3, -0.25) is 14.7 Å². The number of hydrogen-bond donors (Lipinski definition) is 0. The first-order valence-corrected chi connectivity index (χ1v) is 19.0. The number of carbonyl (C=O) groups is 3. The molecule has 0 bridgehead atoms. The lowest BCUT2D eigenvalue weighted by atomic mass is 10.0. The van der Waals surface area contributed by atoms with Gasteiger partial charge in [0, 0.05) is 0 Å². The first-order chi connectivity index (χ1) is 28.0. The van der Waals surface area contributed by atoms with Crippen LogP contribution < -0.4 is 0 Å². The molecule has 6 aromatic carbocycles. The second-order valence-corrected chi connectivity index (χ2v) is 13.9. The predicted molar refractivity (Wildman–Crippen MR) is 216 cm³/mol. The standard InChI is InChI=1S/C48H45N3O6/c52-46(55-31-37-19-7-1-8-20-37)43(40-25-13-4-14-26-40)49-34-50(44(41-27-15-5-16-28-41)47(53)56-32-38-21-9-2-10-22-38)36-51(35-49)45(42-29-17-6-18-30-42)48(54)57-33-39-23-11-3-12-24-39/h1-30,43-45H,31-36H2. The third kappa shape index (κ3) is 10.3. The fraction of sp³-hybridized carbons (Fsp3) is 0.188. The third-order valence-electron chi connectivity index (χ3n) is 9.87. The van der Waals surface area contributed by atoms with E-state index in [4.69, 9.17) is 14.2 Å². The van der Waals surface area contributed by atoms with Crippen LogP contribution in [0.5, 0.6) is 0 Å². The summed E-state index contributed by atoms with van der Waals surface area (Å²) in [5.74, 6) is -1.38. The van der Waals surface area contributed by atoms with Gasteiger partial charge in [0.25, 0.3) is 0 Å². The maximum absolute atomic E-state index is 14.4. The summed E-state index contributed by atoms with van der Waals surface area (Å²) < 4.78 is 18.1. The van der Waals surface area contributed by atoms with Crippen LogP contribution in [0.1, 0.15) is 51.5 Å². The molecule has 3 atom stereocenters. The van der Waals surface area contributed by atoms with Gasteiger partial charge in [0.05, 0.1) is 20.0 Å². The maximum atomic E-state index is 14.4. The molecule has 1 heterocycles. The van der Waals surface area contributed by atoms with Gasteiger partial charge in [0.1, 0.15) is 37.9 Å². The number of ether oxygens (including phenoxy) is 3. The van der Waals surface area contributed by atoms with E-state index in [1.54, 1.807) is 0 Å². The van der Waals surface area contributed by atoms with Crippen molar-refractivity contribution in [1.29, 1.82) is 0 Å². The van der Waals surface area contributed by atoms with E-state index in [9.17, 15) is 14.4 Å². The molecular formula is C48H45N3O6. The van der Waals surface area contributed by atoms with E-state index in [1.165, 1.54) is 0 Å². The second-order valence-electron chi connectivity index (χ2n) is 13.9. The summed E-state index contributed by atoms with van der Waals surface area (Å²) in [6, 6.07) is 54.3. The number of esters is 3. The lowest BCUT2D eigenvalue weighted by Gasteiger charge is -2.48. The number of nitrogens with zero attached hydrogens (tertiary/aromatic N) is 3. The van der Waals surface area contributed by atoms with Crippen molar-refractivity contribution in [3.05, 3.63) is 215 Å². The number of hydrogen-bond acceptors (Lipinski definition) is 9. The lowest BCUT2D eigenvalue weighted by molar-refractivity contribution is -0.172. The van der Waals surface area contributed by atoms with Crippen molar-refractivity contribution in [3.63, 3.8) is 0 Å². The van der Waals surface area contributed by atoms with Crippen LogP contribution in [0.3, 0.4) is 0 Å². The van der Waals surface area contributed by atoms with Crippen LogP contribution in [0.2, 0.25) is 0 Å². The molecule has 0 N–H and O–H groups in total. The normalized spacial score (nSPS) is 15.2. The highest BCUT2D eigenvalue weighted by atomic mass is 16.5. The van der Waals surface area contributed by atoms with E-state index < -0.39 is 36.0 Å². The third-order valence-corrected chi connectivity index (χ3v) is 9.87. The Kier molecular flexibility index (Phi) is 13.3. The SMILES string of the molecule is O=C(OCc1ccccc1)C(c1ccccc1)N1CN(C(C(=O)OCc2ccccc2)c2ccccc2)CN(C(C(=O)OCc2ccccc2)c2ccccc2)C1. The molecule has 3 unspecified atom stereocenters. The number of benzene rings is 6. The van der Waals surface area contributed by atoms with Crippen molar-refractivity contribution >= 4 is 17.9 Å². The van der Waals surface area contributed by atoms with Gasteiger partial charge in [0.2, 0.25) is 0 Å². The van der Waals surface area contributed by atoms with E-state index >= 15 is 0 Å². The fourth-order valence-corrected chi connectivity index (χ4v) is 7.14. The summed E-state index contributed by atoms with van der Waals surface area (Å²) in [4.78, 5) is 49.1. The highest BCUT2D eigenvalue weighted by Gasteiger charge is 2.43. The Morgan fingerprint density at radius 1 is 0.351 bits per heavy atom. The monoisotopic (exact) mass is 759 g/mol. The lowest BCUT2D eigenvalue weighted by Crippen LogP contribution is -2.60. The van der Waals surface area contributed by atoms with E-state index in [2.05, 4.69) is 0 Å². The molecule has 6 aromatic rings. The van der Waals surface area contributed by atoms with Crippen LogP contribution in [-0.4, -0.2) is 52.6 Å². The smallest absolute Gasteiger partial charge is 0.328 e. The molecule has 1 saturated heterocycles. The highest BCUT2D eigenvalue weighted by Crippen LogP contribution is 2.35. The first-order valence-electron chi connectivity index (χ1n) is 19.0. The molecular weight excluding hydrogens is 715 g/mol. The molecule has 7 rings (SSSR count). The van der Waals surface area contributed by atoms with Gasteiger partial charge < -0.3 is 14.2 Å². The largest absolute Gasteiger partial charge is 0.459 e. The highest BCUT2D eigenvalue weighted by molar-refractivity contribution is 5.80. The average molecular weight is 760 g/mol. The zero-order valence-corrected chi connectivity index (χ0v) is 31.6. The number of carbonyl (C=O) groups excluding carboxylic acids is 3.